The molecule has 0 aromatic carbocycles. The van der Waals surface area contributed by atoms with Gasteiger partial charge in [-0.1, -0.05) is 0 Å². The molecule has 0 amide bonds. The molecular weight excluding hydrogens is 162 g/mol. The van der Waals surface area contributed by atoms with Crippen molar-refractivity contribution in [3.05, 3.63) is 11.9 Å². The van der Waals surface area contributed by atoms with Crippen molar-refractivity contribution < 1.29 is 14.3 Å². The molecule has 0 fully saturated rings. The number of H-pyrrole nitrogens is 1. The zero-order valence-corrected chi connectivity index (χ0v) is 6.77. The van der Waals surface area contributed by atoms with E-state index in [0.29, 0.717) is 5.69 Å². The molecule has 1 heterocycles. The van der Waals surface area contributed by atoms with E-state index < -0.39 is 12.1 Å². The van der Waals surface area contributed by atoms with Crippen LogP contribution in [0.2, 0.25) is 0 Å². The van der Waals surface area contributed by atoms with Crippen LogP contribution in [0.3, 0.4) is 0 Å². The number of hydrogen-bond acceptors (Lipinski definition) is 5. The smallest absolute Gasteiger partial charge is 0.341 e. The molecule has 1 atom stereocenters. The average molecular weight is 171 g/mol. The molecule has 6 nitrogen and oxygen atoms in total. The summed E-state index contributed by atoms with van der Waals surface area (Å²) in [7, 11) is 2.69. The standard InChI is InChI=1S/C6H9N3O3/c1-11-5(6(10)12-2)4-3-7-9-8-4/h3,5H,1-2H3,(H,7,8,9). The summed E-state index contributed by atoms with van der Waals surface area (Å²) in [6.07, 6.45) is 0.610. The number of esters is 1. The van der Waals surface area contributed by atoms with Crippen molar-refractivity contribution in [2.45, 2.75) is 6.10 Å². The third-order valence-electron chi connectivity index (χ3n) is 1.35. The SMILES string of the molecule is COC(=O)C(OC)c1cn[nH]n1. The van der Waals surface area contributed by atoms with Gasteiger partial charge >= 0.3 is 5.97 Å². The minimum Gasteiger partial charge on any atom is -0.467 e. The summed E-state index contributed by atoms with van der Waals surface area (Å²) in [6, 6.07) is 0. The van der Waals surface area contributed by atoms with Gasteiger partial charge in [0.05, 0.1) is 13.3 Å². The van der Waals surface area contributed by atoms with Gasteiger partial charge in [0.25, 0.3) is 0 Å². The predicted octanol–water partition coefficient (Wildman–Crippen LogP) is -0.335. The molecule has 6 heteroatoms. The quantitative estimate of drug-likeness (QED) is 0.630. The van der Waals surface area contributed by atoms with Crippen LogP contribution < -0.4 is 0 Å². The molecule has 1 aromatic rings. The third kappa shape index (κ3) is 1.59. The Morgan fingerprint density at radius 3 is 2.83 bits per heavy atom. The van der Waals surface area contributed by atoms with Crippen molar-refractivity contribution in [3.63, 3.8) is 0 Å². The van der Waals surface area contributed by atoms with Crippen LogP contribution in [0.5, 0.6) is 0 Å². The number of carbonyl (C=O) groups is 1. The van der Waals surface area contributed by atoms with E-state index in [1.165, 1.54) is 20.4 Å². The number of nitrogens with zero attached hydrogens (tertiary/aromatic N) is 2. The van der Waals surface area contributed by atoms with Gasteiger partial charge in [0, 0.05) is 7.11 Å². The second-order valence-electron chi connectivity index (χ2n) is 2.03. The number of carbonyl (C=O) groups excluding carboxylic acids is 1. The van der Waals surface area contributed by atoms with Crippen LogP contribution in [0.4, 0.5) is 0 Å². The Hall–Kier alpha value is -1.43. The zero-order valence-electron chi connectivity index (χ0n) is 6.77. The van der Waals surface area contributed by atoms with Crippen molar-refractivity contribution in [2.75, 3.05) is 14.2 Å². The lowest BCUT2D eigenvalue weighted by Gasteiger charge is -2.08. The number of aromatic amines is 1. The van der Waals surface area contributed by atoms with Gasteiger partial charge < -0.3 is 9.47 Å². The maximum absolute atomic E-state index is 11.0. The maximum Gasteiger partial charge on any atom is 0.341 e. The van der Waals surface area contributed by atoms with Crippen molar-refractivity contribution in [3.8, 4) is 0 Å². The van der Waals surface area contributed by atoms with Gasteiger partial charge in [-0.15, -0.1) is 0 Å². The Kier molecular flexibility index (Phi) is 2.76. The summed E-state index contributed by atoms with van der Waals surface area (Å²) in [5.74, 6) is -0.494. The highest BCUT2D eigenvalue weighted by atomic mass is 16.6. The van der Waals surface area contributed by atoms with Crippen LogP contribution >= 0.6 is 0 Å². The third-order valence-corrected chi connectivity index (χ3v) is 1.35. The summed E-state index contributed by atoms with van der Waals surface area (Å²) in [6.45, 7) is 0. The van der Waals surface area contributed by atoms with Gasteiger partial charge in [0.1, 0.15) is 5.69 Å². The molecular formula is C6H9N3O3. The Labute approximate surface area is 68.9 Å². The fourth-order valence-corrected chi connectivity index (χ4v) is 0.782. The Bertz CT molecular complexity index is 247. The molecule has 0 saturated heterocycles. The summed E-state index contributed by atoms with van der Waals surface area (Å²) in [5.41, 5.74) is 0.407. The second kappa shape index (κ2) is 3.82. The van der Waals surface area contributed by atoms with Gasteiger partial charge in [0.2, 0.25) is 0 Å². The van der Waals surface area contributed by atoms with E-state index in [9.17, 15) is 4.79 Å². The number of nitrogens with one attached hydrogen (secondary N) is 1. The normalized spacial score (nSPS) is 12.5. The summed E-state index contributed by atoms with van der Waals surface area (Å²) in [5, 5.41) is 9.61. The molecule has 0 aliphatic rings. The molecule has 1 rings (SSSR count). The molecule has 66 valence electrons. The van der Waals surface area contributed by atoms with Crippen LogP contribution in [-0.2, 0) is 14.3 Å². The van der Waals surface area contributed by atoms with E-state index in [1.807, 2.05) is 0 Å². The molecule has 0 saturated carbocycles. The van der Waals surface area contributed by atoms with Gasteiger partial charge in [-0.2, -0.15) is 15.4 Å². The highest BCUT2D eigenvalue weighted by Gasteiger charge is 2.22. The summed E-state index contributed by atoms with van der Waals surface area (Å²) >= 11 is 0. The number of hydrogen-bond donors (Lipinski definition) is 1. The van der Waals surface area contributed by atoms with E-state index in [-0.39, 0.29) is 0 Å². The molecule has 0 bridgehead atoms. The molecule has 12 heavy (non-hydrogen) atoms. The zero-order chi connectivity index (χ0) is 8.97. The number of ether oxygens (including phenoxy) is 2. The molecule has 0 aliphatic heterocycles. The van der Waals surface area contributed by atoms with Crippen molar-refractivity contribution >= 4 is 5.97 Å². The molecule has 0 aliphatic carbocycles. The minimum atomic E-state index is -0.797. The number of methoxy groups -OCH3 is 2. The lowest BCUT2D eigenvalue weighted by Crippen LogP contribution is -2.16. The Balaban J connectivity index is 2.76. The summed E-state index contributed by atoms with van der Waals surface area (Å²) < 4.78 is 9.33. The first-order valence-corrected chi connectivity index (χ1v) is 3.26. The van der Waals surface area contributed by atoms with Crippen LogP contribution in [0.25, 0.3) is 0 Å². The van der Waals surface area contributed by atoms with Gasteiger partial charge in [-0.05, 0) is 0 Å². The van der Waals surface area contributed by atoms with Crippen molar-refractivity contribution in [1.82, 2.24) is 15.4 Å². The van der Waals surface area contributed by atoms with Crippen molar-refractivity contribution in [1.29, 1.82) is 0 Å². The minimum absolute atomic E-state index is 0.407. The Morgan fingerprint density at radius 1 is 1.67 bits per heavy atom. The highest BCUT2D eigenvalue weighted by molar-refractivity contribution is 5.75. The fraction of sp³-hybridized carbons (Fsp3) is 0.500. The topological polar surface area (TPSA) is 77.1 Å². The first-order valence-electron chi connectivity index (χ1n) is 3.26. The van der Waals surface area contributed by atoms with Gasteiger partial charge in [-0.3, -0.25) is 0 Å². The first-order chi connectivity index (χ1) is 5.79. The van der Waals surface area contributed by atoms with Crippen LogP contribution in [-0.4, -0.2) is 35.6 Å². The van der Waals surface area contributed by atoms with E-state index in [0.717, 1.165) is 0 Å². The second-order valence-corrected chi connectivity index (χ2v) is 2.03. The molecule has 1 unspecified atom stereocenters. The van der Waals surface area contributed by atoms with Crippen LogP contribution in [0, 0.1) is 0 Å². The fourth-order valence-electron chi connectivity index (χ4n) is 0.782. The lowest BCUT2D eigenvalue weighted by molar-refractivity contribution is -0.152. The Morgan fingerprint density at radius 2 is 2.42 bits per heavy atom. The monoisotopic (exact) mass is 171 g/mol. The van der Waals surface area contributed by atoms with E-state index in [1.54, 1.807) is 0 Å². The van der Waals surface area contributed by atoms with Crippen LogP contribution in [0.1, 0.15) is 11.8 Å². The van der Waals surface area contributed by atoms with Gasteiger partial charge in [0.15, 0.2) is 6.10 Å². The van der Waals surface area contributed by atoms with E-state index >= 15 is 0 Å². The maximum atomic E-state index is 11.0. The van der Waals surface area contributed by atoms with Crippen molar-refractivity contribution in [2.24, 2.45) is 0 Å². The molecule has 0 radical (unpaired) electrons. The largest absolute Gasteiger partial charge is 0.467 e. The van der Waals surface area contributed by atoms with Crippen LogP contribution in [0.15, 0.2) is 6.20 Å². The highest BCUT2D eigenvalue weighted by Crippen LogP contribution is 2.13. The molecule has 0 spiro atoms. The average Bonchev–Trinajstić information content (AvgIpc) is 2.58. The number of rotatable bonds is 3. The first kappa shape index (κ1) is 8.66. The van der Waals surface area contributed by atoms with E-state index in [2.05, 4.69) is 20.1 Å². The van der Waals surface area contributed by atoms with E-state index in [4.69, 9.17) is 4.74 Å². The lowest BCUT2D eigenvalue weighted by atomic mass is 10.3. The molecule has 1 aromatic heterocycles. The predicted molar refractivity (Wildman–Crippen MR) is 38.1 cm³/mol. The molecule has 1 N–H and O–H groups in total. The van der Waals surface area contributed by atoms with Gasteiger partial charge in [-0.25, -0.2) is 4.79 Å². The number of aromatic nitrogens is 3. The summed E-state index contributed by atoms with van der Waals surface area (Å²) in [4.78, 5) is 11.0.